The van der Waals surface area contributed by atoms with E-state index in [1.165, 1.54) is 4.90 Å². The molecule has 0 bridgehead atoms. The minimum atomic E-state index is -0.188. The molecule has 1 rings (SSSR count). The van der Waals surface area contributed by atoms with Crippen molar-refractivity contribution in [1.82, 2.24) is 4.90 Å². The maximum Gasteiger partial charge on any atom is 0.289 e. The molecule has 1 aromatic rings. The quantitative estimate of drug-likeness (QED) is 0.814. The molecule has 0 aliphatic carbocycles. The Kier molecular flexibility index (Phi) is 3.91. The maximum absolute atomic E-state index is 11.7. The molecule has 0 unspecified atom stereocenters. The van der Waals surface area contributed by atoms with Gasteiger partial charge in [0.1, 0.15) is 5.76 Å². The first-order valence-corrected chi connectivity index (χ1v) is 5.05. The number of carbonyl (C=O) groups excluding carboxylic acids is 1. The van der Waals surface area contributed by atoms with E-state index in [-0.39, 0.29) is 12.5 Å². The highest BCUT2D eigenvalue weighted by atomic mass is 16.4. The number of aryl methyl sites for hydroxylation is 2. The predicted octanol–water partition coefficient (Wildman–Crippen LogP) is 1.21. The monoisotopic (exact) mass is 211 g/mol. The van der Waals surface area contributed by atoms with Gasteiger partial charge in [-0.15, -0.1) is 0 Å². The van der Waals surface area contributed by atoms with Crippen LogP contribution in [0, 0.1) is 6.92 Å². The van der Waals surface area contributed by atoms with Gasteiger partial charge < -0.3 is 14.4 Å². The van der Waals surface area contributed by atoms with Crippen LogP contribution < -0.4 is 0 Å². The van der Waals surface area contributed by atoms with Crippen molar-refractivity contribution in [3.8, 4) is 0 Å². The summed E-state index contributed by atoms with van der Waals surface area (Å²) in [5.41, 5.74) is 0.998. The van der Waals surface area contributed by atoms with Gasteiger partial charge >= 0.3 is 0 Å². The fourth-order valence-electron chi connectivity index (χ4n) is 1.42. The highest BCUT2D eigenvalue weighted by molar-refractivity contribution is 5.91. The average Bonchev–Trinajstić information content (AvgIpc) is 2.59. The first-order valence-electron chi connectivity index (χ1n) is 5.05. The maximum atomic E-state index is 11.7. The molecule has 0 radical (unpaired) electrons. The Balaban J connectivity index is 2.82. The summed E-state index contributed by atoms with van der Waals surface area (Å²) in [7, 11) is 1.64. The summed E-state index contributed by atoms with van der Waals surface area (Å²) >= 11 is 0. The van der Waals surface area contributed by atoms with Gasteiger partial charge in [-0.25, -0.2) is 0 Å². The number of carbonyl (C=O) groups is 1. The Hall–Kier alpha value is -1.29. The highest BCUT2D eigenvalue weighted by Gasteiger charge is 2.16. The molecule has 4 heteroatoms. The summed E-state index contributed by atoms with van der Waals surface area (Å²) in [6.45, 7) is 4.19. The zero-order valence-corrected chi connectivity index (χ0v) is 9.41. The van der Waals surface area contributed by atoms with Crippen LogP contribution in [0.5, 0.6) is 0 Å². The second-order valence-corrected chi connectivity index (χ2v) is 3.52. The fraction of sp³-hybridized carbons (Fsp3) is 0.545. The summed E-state index contributed by atoms with van der Waals surface area (Å²) < 4.78 is 5.42. The SMILES string of the molecule is CCc1oc(C(=O)N(C)CCO)cc1C. The minimum Gasteiger partial charge on any atom is -0.456 e. The molecule has 4 nitrogen and oxygen atoms in total. The number of furan rings is 1. The van der Waals surface area contributed by atoms with Gasteiger partial charge in [-0.05, 0) is 18.6 Å². The lowest BCUT2D eigenvalue weighted by molar-refractivity contribution is 0.0734. The molecule has 15 heavy (non-hydrogen) atoms. The Morgan fingerprint density at radius 2 is 2.27 bits per heavy atom. The van der Waals surface area contributed by atoms with Crippen LogP contribution in [0.1, 0.15) is 28.8 Å². The van der Waals surface area contributed by atoms with E-state index in [9.17, 15) is 4.79 Å². The predicted molar refractivity (Wildman–Crippen MR) is 56.9 cm³/mol. The first-order chi connectivity index (χ1) is 7.10. The second-order valence-electron chi connectivity index (χ2n) is 3.52. The molecule has 1 aromatic heterocycles. The zero-order valence-electron chi connectivity index (χ0n) is 9.41. The van der Waals surface area contributed by atoms with Gasteiger partial charge in [0.2, 0.25) is 0 Å². The third kappa shape index (κ3) is 2.59. The van der Waals surface area contributed by atoms with Gasteiger partial charge in [-0.3, -0.25) is 4.79 Å². The van der Waals surface area contributed by atoms with Crippen LogP contribution in [0.4, 0.5) is 0 Å². The average molecular weight is 211 g/mol. The topological polar surface area (TPSA) is 53.7 Å². The molecule has 0 atom stereocenters. The van der Waals surface area contributed by atoms with Crippen molar-refractivity contribution >= 4 is 5.91 Å². The normalized spacial score (nSPS) is 10.4. The van der Waals surface area contributed by atoms with E-state index >= 15 is 0 Å². The number of nitrogens with zero attached hydrogens (tertiary/aromatic N) is 1. The Bertz CT molecular complexity index is 344. The Labute approximate surface area is 89.5 Å². The largest absolute Gasteiger partial charge is 0.456 e. The van der Waals surface area contributed by atoms with Gasteiger partial charge in [0.25, 0.3) is 5.91 Å². The van der Waals surface area contributed by atoms with Gasteiger partial charge in [-0.2, -0.15) is 0 Å². The third-order valence-corrected chi connectivity index (χ3v) is 2.33. The smallest absolute Gasteiger partial charge is 0.289 e. The molecule has 0 spiro atoms. The van der Waals surface area contributed by atoms with E-state index in [1.54, 1.807) is 13.1 Å². The first kappa shape index (κ1) is 11.8. The molecule has 1 N–H and O–H groups in total. The highest BCUT2D eigenvalue weighted by Crippen LogP contribution is 2.16. The van der Waals surface area contributed by atoms with Crippen LogP contribution in [-0.2, 0) is 6.42 Å². The van der Waals surface area contributed by atoms with Crippen molar-refractivity contribution in [2.75, 3.05) is 20.2 Å². The number of aliphatic hydroxyl groups excluding tert-OH is 1. The van der Waals surface area contributed by atoms with E-state index < -0.39 is 0 Å². The van der Waals surface area contributed by atoms with Crippen LogP contribution in [0.2, 0.25) is 0 Å². The Morgan fingerprint density at radius 1 is 1.60 bits per heavy atom. The van der Waals surface area contributed by atoms with Crippen molar-refractivity contribution < 1.29 is 14.3 Å². The number of aliphatic hydroxyl groups is 1. The second kappa shape index (κ2) is 4.98. The van der Waals surface area contributed by atoms with Crippen molar-refractivity contribution in [3.05, 3.63) is 23.2 Å². The van der Waals surface area contributed by atoms with Crippen LogP contribution >= 0.6 is 0 Å². The van der Waals surface area contributed by atoms with Crippen molar-refractivity contribution in [1.29, 1.82) is 0 Å². The van der Waals surface area contributed by atoms with Gasteiger partial charge in [0.05, 0.1) is 6.61 Å². The fourth-order valence-corrected chi connectivity index (χ4v) is 1.42. The van der Waals surface area contributed by atoms with Crippen molar-refractivity contribution in [2.45, 2.75) is 20.3 Å². The molecule has 1 amide bonds. The van der Waals surface area contributed by atoms with Gasteiger partial charge in [0, 0.05) is 20.0 Å². The molecule has 0 aliphatic rings. The zero-order chi connectivity index (χ0) is 11.4. The third-order valence-electron chi connectivity index (χ3n) is 2.33. The van der Waals surface area contributed by atoms with E-state index in [0.29, 0.717) is 12.3 Å². The molecular formula is C11H17NO3. The molecule has 0 saturated heterocycles. The molecule has 84 valence electrons. The summed E-state index contributed by atoms with van der Waals surface area (Å²) in [6, 6.07) is 1.75. The van der Waals surface area contributed by atoms with Crippen LogP contribution in [0.25, 0.3) is 0 Å². The minimum absolute atomic E-state index is 0.0391. The summed E-state index contributed by atoms with van der Waals surface area (Å²) in [4.78, 5) is 13.2. The van der Waals surface area contributed by atoms with Crippen LogP contribution in [0.3, 0.4) is 0 Å². The summed E-state index contributed by atoms with van der Waals surface area (Å²) in [5.74, 6) is 1.00. The van der Waals surface area contributed by atoms with E-state index in [2.05, 4.69) is 0 Å². The summed E-state index contributed by atoms with van der Waals surface area (Å²) in [6.07, 6.45) is 0.781. The molecule has 0 aromatic carbocycles. The van der Waals surface area contributed by atoms with E-state index in [4.69, 9.17) is 9.52 Å². The Morgan fingerprint density at radius 3 is 2.73 bits per heavy atom. The number of hydrogen-bond donors (Lipinski definition) is 1. The number of likely N-dealkylation sites (N-methyl/N-ethyl adjacent to an activating group) is 1. The van der Waals surface area contributed by atoms with Crippen LogP contribution in [-0.4, -0.2) is 36.1 Å². The number of amides is 1. The lowest BCUT2D eigenvalue weighted by atomic mass is 10.2. The molecular weight excluding hydrogens is 194 g/mol. The van der Waals surface area contributed by atoms with Gasteiger partial charge in [0.15, 0.2) is 5.76 Å². The number of hydrogen-bond acceptors (Lipinski definition) is 3. The van der Waals surface area contributed by atoms with Crippen molar-refractivity contribution in [2.24, 2.45) is 0 Å². The standard InChI is InChI=1S/C11H17NO3/c1-4-9-8(2)7-10(15-9)11(14)12(3)5-6-13/h7,13H,4-6H2,1-3H3. The number of rotatable bonds is 4. The van der Waals surface area contributed by atoms with Gasteiger partial charge in [-0.1, -0.05) is 6.92 Å². The lowest BCUT2D eigenvalue weighted by Gasteiger charge is -2.13. The molecule has 0 saturated carbocycles. The summed E-state index contributed by atoms with van der Waals surface area (Å²) in [5, 5.41) is 8.71. The van der Waals surface area contributed by atoms with E-state index in [1.807, 2.05) is 13.8 Å². The molecule has 0 aliphatic heterocycles. The van der Waals surface area contributed by atoms with Crippen LogP contribution in [0.15, 0.2) is 10.5 Å². The van der Waals surface area contributed by atoms with Crippen molar-refractivity contribution in [3.63, 3.8) is 0 Å². The molecule has 1 heterocycles. The lowest BCUT2D eigenvalue weighted by Crippen LogP contribution is -2.29. The molecule has 0 fully saturated rings. The van der Waals surface area contributed by atoms with E-state index in [0.717, 1.165) is 17.7 Å².